The molecule has 2 aromatic rings. The van der Waals surface area contributed by atoms with Gasteiger partial charge in [0.15, 0.2) is 0 Å². The van der Waals surface area contributed by atoms with Gasteiger partial charge in [0.05, 0.1) is 19.8 Å². The Labute approximate surface area is 169 Å². The highest BCUT2D eigenvalue weighted by Crippen LogP contribution is 2.26. The minimum atomic E-state index is -3.67. The van der Waals surface area contributed by atoms with Gasteiger partial charge >= 0.3 is 22.1 Å². The molecule has 9 heteroatoms. The maximum atomic E-state index is 12.5. The Morgan fingerprint density at radius 2 is 1.66 bits per heavy atom. The van der Waals surface area contributed by atoms with E-state index in [1.54, 1.807) is 12.1 Å². The monoisotopic (exact) mass is 421 g/mol. The van der Waals surface area contributed by atoms with E-state index in [9.17, 15) is 18.0 Å². The second-order valence-electron chi connectivity index (χ2n) is 6.36. The van der Waals surface area contributed by atoms with Crippen LogP contribution < -0.4 is 9.92 Å². The lowest BCUT2D eigenvalue weighted by molar-refractivity contribution is -0.148. The SMILES string of the molecule is COC(=O)CC(c1ccc(OS(C)(=O)=O)cc1)C(N)C(=O)OCc1ccccc1. The molecule has 2 unspecified atom stereocenters. The Bertz CT molecular complexity index is 927. The van der Waals surface area contributed by atoms with Crippen molar-refractivity contribution < 1.29 is 31.7 Å². The average Bonchev–Trinajstić information content (AvgIpc) is 2.70. The van der Waals surface area contributed by atoms with Crippen LogP contribution >= 0.6 is 0 Å². The van der Waals surface area contributed by atoms with Crippen LogP contribution in [0.5, 0.6) is 5.75 Å². The summed E-state index contributed by atoms with van der Waals surface area (Å²) in [6, 6.07) is 13.9. The molecule has 8 nitrogen and oxygen atoms in total. The summed E-state index contributed by atoms with van der Waals surface area (Å²) in [6.45, 7) is 0.0550. The molecule has 2 N–H and O–H groups in total. The second-order valence-corrected chi connectivity index (χ2v) is 7.94. The van der Waals surface area contributed by atoms with Crippen molar-refractivity contribution in [2.45, 2.75) is 25.0 Å². The summed E-state index contributed by atoms with van der Waals surface area (Å²) in [5.74, 6) is -1.83. The van der Waals surface area contributed by atoms with Gasteiger partial charge in [-0.05, 0) is 23.3 Å². The van der Waals surface area contributed by atoms with Crippen molar-refractivity contribution in [1.82, 2.24) is 0 Å². The van der Waals surface area contributed by atoms with Gasteiger partial charge in [-0.3, -0.25) is 9.59 Å². The van der Waals surface area contributed by atoms with E-state index in [-0.39, 0.29) is 18.8 Å². The van der Waals surface area contributed by atoms with E-state index in [1.165, 1.54) is 19.2 Å². The third-order valence-electron chi connectivity index (χ3n) is 4.10. The molecule has 2 atom stereocenters. The van der Waals surface area contributed by atoms with Crippen molar-refractivity contribution in [2.75, 3.05) is 13.4 Å². The van der Waals surface area contributed by atoms with Crippen molar-refractivity contribution in [1.29, 1.82) is 0 Å². The average molecular weight is 421 g/mol. The fourth-order valence-corrected chi connectivity index (χ4v) is 3.11. The van der Waals surface area contributed by atoms with E-state index in [0.29, 0.717) is 5.56 Å². The molecule has 156 valence electrons. The lowest BCUT2D eigenvalue weighted by Gasteiger charge is -2.22. The molecule has 0 aliphatic rings. The Kier molecular flexibility index (Phi) is 7.74. The van der Waals surface area contributed by atoms with E-state index in [1.807, 2.05) is 30.3 Å². The number of carbonyl (C=O) groups is 2. The van der Waals surface area contributed by atoms with Crippen LogP contribution in [0.3, 0.4) is 0 Å². The number of rotatable bonds is 9. The first-order chi connectivity index (χ1) is 13.7. The first kappa shape index (κ1) is 22.4. The molecule has 0 aliphatic carbocycles. The Balaban J connectivity index is 2.15. The quantitative estimate of drug-likeness (QED) is 0.480. The minimum absolute atomic E-state index is 0.0550. The number of carbonyl (C=O) groups excluding carboxylic acids is 2. The van der Waals surface area contributed by atoms with Gasteiger partial charge < -0.3 is 19.4 Å². The zero-order valence-electron chi connectivity index (χ0n) is 16.1. The van der Waals surface area contributed by atoms with E-state index in [2.05, 4.69) is 0 Å². The summed E-state index contributed by atoms with van der Waals surface area (Å²) in [6.07, 6.45) is 0.782. The third-order valence-corrected chi connectivity index (χ3v) is 4.59. The van der Waals surface area contributed by atoms with Gasteiger partial charge in [-0.25, -0.2) is 0 Å². The van der Waals surface area contributed by atoms with Crippen molar-refractivity contribution in [2.24, 2.45) is 5.73 Å². The predicted molar refractivity (Wildman–Crippen MR) is 106 cm³/mol. The van der Waals surface area contributed by atoms with Gasteiger partial charge in [0, 0.05) is 5.92 Å². The highest BCUT2D eigenvalue weighted by Gasteiger charge is 2.30. The summed E-state index contributed by atoms with van der Waals surface area (Å²) in [7, 11) is -2.43. The van der Waals surface area contributed by atoms with Gasteiger partial charge in [-0.1, -0.05) is 42.5 Å². The standard InChI is InChI=1S/C20H23NO7S/c1-26-18(22)12-17(15-8-10-16(11-9-15)28-29(2,24)25)19(21)20(23)27-13-14-6-4-3-5-7-14/h3-11,17,19H,12-13,21H2,1-2H3. The van der Waals surface area contributed by atoms with Gasteiger partial charge in [-0.15, -0.1) is 0 Å². The lowest BCUT2D eigenvalue weighted by atomic mass is 9.89. The second kappa shape index (κ2) is 10.0. The van der Waals surface area contributed by atoms with E-state index < -0.39 is 34.0 Å². The number of nitrogens with two attached hydrogens (primary N) is 1. The van der Waals surface area contributed by atoms with Gasteiger partial charge in [-0.2, -0.15) is 8.42 Å². The number of esters is 2. The van der Waals surface area contributed by atoms with Crippen molar-refractivity contribution in [3.05, 3.63) is 65.7 Å². The number of ether oxygens (including phenoxy) is 2. The summed E-state index contributed by atoms with van der Waals surface area (Å²) in [5, 5.41) is 0. The van der Waals surface area contributed by atoms with Crippen LogP contribution in [0.25, 0.3) is 0 Å². The Hall–Kier alpha value is -2.91. The Morgan fingerprint density at radius 3 is 2.21 bits per heavy atom. The molecule has 0 heterocycles. The zero-order chi connectivity index (χ0) is 21.4. The number of methoxy groups -OCH3 is 1. The predicted octanol–water partition coefficient (Wildman–Crippen LogP) is 1.74. The summed E-state index contributed by atoms with van der Waals surface area (Å²) < 4.78 is 37.2. The minimum Gasteiger partial charge on any atom is -0.469 e. The molecular weight excluding hydrogens is 398 g/mol. The topological polar surface area (TPSA) is 122 Å². The highest BCUT2D eigenvalue weighted by molar-refractivity contribution is 7.86. The third kappa shape index (κ3) is 7.20. The van der Waals surface area contributed by atoms with Crippen LogP contribution in [-0.2, 0) is 35.8 Å². The number of hydrogen-bond donors (Lipinski definition) is 1. The molecule has 0 saturated heterocycles. The van der Waals surface area contributed by atoms with Crippen molar-refractivity contribution >= 4 is 22.1 Å². The van der Waals surface area contributed by atoms with Gasteiger partial charge in [0.2, 0.25) is 0 Å². The molecule has 2 aromatic carbocycles. The first-order valence-corrected chi connectivity index (χ1v) is 10.5. The van der Waals surface area contributed by atoms with Gasteiger partial charge in [0.25, 0.3) is 0 Å². The fraction of sp³-hybridized carbons (Fsp3) is 0.300. The van der Waals surface area contributed by atoms with E-state index >= 15 is 0 Å². The fourth-order valence-electron chi connectivity index (χ4n) is 2.65. The number of benzene rings is 2. The van der Waals surface area contributed by atoms with Crippen LogP contribution in [0.15, 0.2) is 54.6 Å². The van der Waals surface area contributed by atoms with E-state index in [0.717, 1.165) is 11.8 Å². The molecule has 29 heavy (non-hydrogen) atoms. The smallest absolute Gasteiger partial charge is 0.323 e. The van der Waals surface area contributed by atoms with Crippen molar-refractivity contribution in [3.63, 3.8) is 0 Å². The molecule has 0 spiro atoms. The maximum absolute atomic E-state index is 12.5. The van der Waals surface area contributed by atoms with Crippen LogP contribution in [0.2, 0.25) is 0 Å². The molecule has 0 aromatic heterocycles. The van der Waals surface area contributed by atoms with Crippen LogP contribution in [0.1, 0.15) is 23.5 Å². The molecule has 0 aliphatic heterocycles. The summed E-state index contributed by atoms with van der Waals surface area (Å²) in [5.41, 5.74) is 7.44. The van der Waals surface area contributed by atoms with Crippen molar-refractivity contribution in [3.8, 4) is 5.75 Å². The largest absolute Gasteiger partial charge is 0.469 e. The molecule has 0 fully saturated rings. The zero-order valence-corrected chi connectivity index (χ0v) is 16.9. The van der Waals surface area contributed by atoms with Crippen LogP contribution in [0, 0.1) is 0 Å². The molecule has 0 bridgehead atoms. The normalized spacial score (nSPS) is 13.2. The number of hydrogen-bond acceptors (Lipinski definition) is 8. The molecular formula is C20H23NO7S. The summed E-state index contributed by atoms with van der Waals surface area (Å²) in [4.78, 5) is 24.3. The molecule has 2 rings (SSSR count). The van der Waals surface area contributed by atoms with Crippen LogP contribution in [-0.4, -0.2) is 39.8 Å². The first-order valence-electron chi connectivity index (χ1n) is 8.72. The molecule has 0 amide bonds. The molecule has 0 saturated carbocycles. The maximum Gasteiger partial charge on any atom is 0.323 e. The summed E-state index contributed by atoms with van der Waals surface area (Å²) >= 11 is 0. The lowest BCUT2D eigenvalue weighted by Crippen LogP contribution is -2.39. The van der Waals surface area contributed by atoms with Gasteiger partial charge in [0.1, 0.15) is 18.4 Å². The highest BCUT2D eigenvalue weighted by atomic mass is 32.2. The molecule has 0 radical (unpaired) electrons. The van der Waals surface area contributed by atoms with E-state index in [4.69, 9.17) is 19.4 Å². The Morgan fingerprint density at radius 1 is 1.03 bits per heavy atom. The van der Waals surface area contributed by atoms with Crippen LogP contribution in [0.4, 0.5) is 0 Å².